The zero-order chi connectivity index (χ0) is 18.4. The van der Waals surface area contributed by atoms with Crippen molar-refractivity contribution in [3.05, 3.63) is 0 Å². The van der Waals surface area contributed by atoms with Gasteiger partial charge in [-0.2, -0.15) is 13.5 Å². The van der Waals surface area contributed by atoms with Crippen LogP contribution in [0.15, 0.2) is 0 Å². The van der Waals surface area contributed by atoms with Crippen LogP contribution in [0.5, 0.6) is 0 Å². The smallest absolute Gasteiger partial charge is 0.00187 e. The standard InChI is InChI=1S/C24H51N.H2S/c1-4-7-10-13-16-19-22-25(23-20-17-14-11-8-5-2)24-21-18-15-12-9-6-3;/h4-24H2,1-3H3;1H2. The van der Waals surface area contributed by atoms with Gasteiger partial charge in [0.15, 0.2) is 0 Å². The molecule has 0 fully saturated rings. The molecule has 0 bridgehead atoms. The molecule has 160 valence electrons. The van der Waals surface area contributed by atoms with Gasteiger partial charge in [-0.3, -0.25) is 0 Å². The van der Waals surface area contributed by atoms with Gasteiger partial charge in [0.25, 0.3) is 0 Å². The lowest BCUT2D eigenvalue weighted by Gasteiger charge is -2.22. The van der Waals surface area contributed by atoms with Gasteiger partial charge in [-0.05, 0) is 38.9 Å². The van der Waals surface area contributed by atoms with E-state index in [1.165, 1.54) is 135 Å². The van der Waals surface area contributed by atoms with Gasteiger partial charge < -0.3 is 4.90 Å². The summed E-state index contributed by atoms with van der Waals surface area (Å²) in [5.41, 5.74) is 0. The molecule has 0 radical (unpaired) electrons. The molecule has 0 rings (SSSR count). The van der Waals surface area contributed by atoms with E-state index in [1.807, 2.05) is 0 Å². The third kappa shape index (κ3) is 22.4. The molecular weight excluding hydrogens is 334 g/mol. The van der Waals surface area contributed by atoms with Crippen LogP contribution < -0.4 is 0 Å². The molecule has 0 saturated carbocycles. The normalized spacial score (nSPS) is 11.1. The largest absolute Gasteiger partial charge is 0.303 e. The van der Waals surface area contributed by atoms with Crippen molar-refractivity contribution in [2.45, 2.75) is 136 Å². The molecule has 0 spiro atoms. The van der Waals surface area contributed by atoms with Crippen molar-refractivity contribution < 1.29 is 0 Å². The Hall–Kier alpha value is 0.310. The maximum absolute atomic E-state index is 2.79. The molecule has 26 heavy (non-hydrogen) atoms. The average molecular weight is 388 g/mol. The second-order valence-corrected chi connectivity index (χ2v) is 8.14. The molecular formula is C24H53NS. The summed E-state index contributed by atoms with van der Waals surface area (Å²) in [6.45, 7) is 11.0. The highest BCUT2D eigenvalue weighted by Crippen LogP contribution is 2.11. The second-order valence-electron chi connectivity index (χ2n) is 8.14. The molecule has 0 atom stereocenters. The van der Waals surface area contributed by atoms with Crippen molar-refractivity contribution in [3.8, 4) is 0 Å². The van der Waals surface area contributed by atoms with Gasteiger partial charge in [-0.15, -0.1) is 0 Å². The van der Waals surface area contributed by atoms with Crippen LogP contribution in [-0.2, 0) is 0 Å². The fourth-order valence-electron chi connectivity index (χ4n) is 3.68. The van der Waals surface area contributed by atoms with Crippen molar-refractivity contribution in [1.29, 1.82) is 0 Å². The molecule has 2 heteroatoms. The third-order valence-corrected chi connectivity index (χ3v) is 5.48. The monoisotopic (exact) mass is 387 g/mol. The number of hydrogen-bond acceptors (Lipinski definition) is 1. The van der Waals surface area contributed by atoms with Crippen LogP contribution in [0.2, 0.25) is 0 Å². The summed E-state index contributed by atoms with van der Waals surface area (Å²) in [5, 5.41) is 0. The summed E-state index contributed by atoms with van der Waals surface area (Å²) in [6, 6.07) is 0. The molecule has 0 N–H and O–H groups in total. The lowest BCUT2D eigenvalue weighted by molar-refractivity contribution is 0.254. The lowest BCUT2D eigenvalue weighted by atomic mass is 10.1. The topological polar surface area (TPSA) is 3.24 Å². The highest BCUT2D eigenvalue weighted by Gasteiger charge is 2.05. The van der Waals surface area contributed by atoms with E-state index >= 15 is 0 Å². The second kappa shape index (κ2) is 25.3. The minimum absolute atomic E-state index is 0. The molecule has 0 amide bonds. The Morgan fingerprint density at radius 1 is 0.346 bits per heavy atom. The molecule has 0 aromatic carbocycles. The van der Waals surface area contributed by atoms with E-state index in [1.54, 1.807) is 0 Å². The lowest BCUT2D eigenvalue weighted by Crippen LogP contribution is -2.27. The maximum Gasteiger partial charge on any atom is -0.00187 e. The van der Waals surface area contributed by atoms with E-state index in [-0.39, 0.29) is 13.5 Å². The number of unbranched alkanes of at least 4 members (excludes halogenated alkanes) is 15. The molecule has 0 aliphatic carbocycles. The van der Waals surface area contributed by atoms with Crippen molar-refractivity contribution in [3.63, 3.8) is 0 Å². The van der Waals surface area contributed by atoms with Crippen molar-refractivity contribution in [2.24, 2.45) is 0 Å². The zero-order valence-electron chi connectivity index (χ0n) is 18.8. The summed E-state index contributed by atoms with van der Waals surface area (Å²) in [5.74, 6) is 0. The Morgan fingerprint density at radius 2 is 0.577 bits per heavy atom. The van der Waals surface area contributed by atoms with Crippen LogP contribution >= 0.6 is 13.5 Å². The van der Waals surface area contributed by atoms with Crippen LogP contribution in [0.3, 0.4) is 0 Å². The van der Waals surface area contributed by atoms with Gasteiger partial charge in [0, 0.05) is 0 Å². The third-order valence-electron chi connectivity index (χ3n) is 5.48. The van der Waals surface area contributed by atoms with E-state index < -0.39 is 0 Å². The number of rotatable bonds is 21. The minimum Gasteiger partial charge on any atom is -0.303 e. The average Bonchev–Trinajstić information content (AvgIpc) is 2.63. The van der Waals surface area contributed by atoms with Crippen LogP contribution in [0.4, 0.5) is 0 Å². The van der Waals surface area contributed by atoms with E-state index in [0.29, 0.717) is 0 Å². The van der Waals surface area contributed by atoms with E-state index in [0.717, 1.165) is 0 Å². The Kier molecular flexibility index (Phi) is 27.8. The van der Waals surface area contributed by atoms with Crippen molar-refractivity contribution >= 4 is 13.5 Å². The van der Waals surface area contributed by atoms with Gasteiger partial charge in [0.05, 0.1) is 0 Å². The van der Waals surface area contributed by atoms with Gasteiger partial charge >= 0.3 is 0 Å². The predicted octanol–water partition coefficient (Wildman–Crippen LogP) is 8.48. The maximum atomic E-state index is 2.79. The van der Waals surface area contributed by atoms with E-state index in [4.69, 9.17) is 0 Å². The van der Waals surface area contributed by atoms with Gasteiger partial charge in [-0.25, -0.2) is 0 Å². The Balaban J connectivity index is 0. The highest BCUT2D eigenvalue weighted by molar-refractivity contribution is 7.59. The van der Waals surface area contributed by atoms with Crippen molar-refractivity contribution in [1.82, 2.24) is 4.90 Å². The molecule has 0 aromatic heterocycles. The molecule has 0 unspecified atom stereocenters. The fraction of sp³-hybridized carbons (Fsp3) is 1.00. The van der Waals surface area contributed by atoms with Gasteiger partial charge in [-0.1, -0.05) is 117 Å². The molecule has 0 saturated heterocycles. The van der Waals surface area contributed by atoms with Crippen LogP contribution in [0.1, 0.15) is 136 Å². The SMILES string of the molecule is CCCCCCCCN(CCCCCCCC)CCCCCCCC.S. The first kappa shape index (κ1) is 28.5. The van der Waals surface area contributed by atoms with Crippen LogP contribution in [0.25, 0.3) is 0 Å². The first-order valence-corrected chi connectivity index (χ1v) is 12.1. The first-order chi connectivity index (χ1) is 12.3. The Labute approximate surface area is 174 Å². The number of hydrogen-bond donors (Lipinski definition) is 0. The van der Waals surface area contributed by atoms with Crippen LogP contribution in [0, 0.1) is 0 Å². The Morgan fingerprint density at radius 3 is 0.846 bits per heavy atom. The Bertz CT molecular complexity index is 194. The summed E-state index contributed by atoms with van der Waals surface area (Å²) in [4.78, 5) is 2.79. The van der Waals surface area contributed by atoms with Crippen molar-refractivity contribution in [2.75, 3.05) is 19.6 Å². The summed E-state index contributed by atoms with van der Waals surface area (Å²) in [6.07, 6.45) is 25.7. The molecule has 0 aliphatic heterocycles. The number of nitrogens with zero attached hydrogens (tertiary/aromatic N) is 1. The minimum atomic E-state index is 0. The first-order valence-electron chi connectivity index (χ1n) is 12.1. The molecule has 0 aromatic rings. The van der Waals surface area contributed by atoms with E-state index in [2.05, 4.69) is 25.7 Å². The van der Waals surface area contributed by atoms with Gasteiger partial charge in [0.1, 0.15) is 0 Å². The zero-order valence-corrected chi connectivity index (χ0v) is 19.8. The summed E-state index contributed by atoms with van der Waals surface area (Å²) in [7, 11) is 0. The van der Waals surface area contributed by atoms with E-state index in [9.17, 15) is 0 Å². The molecule has 0 heterocycles. The highest BCUT2D eigenvalue weighted by atomic mass is 32.1. The van der Waals surface area contributed by atoms with Crippen LogP contribution in [-0.4, -0.2) is 24.5 Å². The molecule has 0 aliphatic rings. The summed E-state index contributed by atoms with van der Waals surface area (Å²) >= 11 is 0. The van der Waals surface area contributed by atoms with Gasteiger partial charge in [0.2, 0.25) is 0 Å². The summed E-state index contributed by atoms with van der Waals surface area (Å²) < 4.78 is 0. The predicted molar refractivity (Wildman–Crippen MR) is 127 cm³/mol. The fourth-order valence-corrected chi connectivity index (χ4v) is 3.68. The molecule has 1 nitrogen and oxygen atoms in total. The quantitative estimate of drug-likeness (QED) is 0.178.